The van der Waals surface area contributed by atoms with Gasteiger partial charge in [-0.15, -0.1) is 11.8 Å². The Kier molecular flexibility index (Phi) is 4.51. The predicted octanol–water partition coefficient (Wildman–Crippen LogP) is 2.18. The standard InChI is InChI=1S/C11H11FO4S/c1-6(11(15)16-2)17-7-3-4-9(12)8(5-7)10(13)14/h3-6H,1-2H3,(H,13,14). The number of hydrogen-bond acceptors (Lipinski definition) is 4. The summed E-state index contributed by atoms with van der Waals surface area (Å²) in [5.41, 5.74) is -0.410. The Balaban J connectivity index is 2.90. The van der Waals surface area contributed by atoms with Crippen LogP contribution in [0, 0.1) is 5.82 Å². The fraction of sp³-hybridized carbons (Fsp3) is 0.273. The first-order valence-electron chi connectivity index (χ1n) is 4.73. The molecule has 1 N–H and O–H groups in total. The van der Waals surface area contributed by atoms with Crippen molar-refractivity contribution in [2.45, 2.75) is 17.1 Å². The van der Waals surface area contributed by atoms with E-state index in [2.05, 4.69) is 4.74 Å². The largest absolute Gasteiger partial charge is 0.478 e. The van der Waals surface area contributed by atoms with Crippen LogP contribution in [0.1, 0.15) is 17.3 Å². The zero-order chi connectivity index (χ0) is 13.0. The Labute approximate surface area is 102 Å². The number of esters is 1. The van der Waals surface area contributed by atoms with Crippen molar-refractivity contribution in [3.63, 3.8) is 0 Å². The molecule has 0 heterocycles. The van der Waals surface area contributed by atoms with E-state index in [1.165, 1.54) is 19.2 Å². The van der Waals surface area contributed by atoms with Gasteiger partial charge in [0.2, 0.25) is 0 Å². The quantitative estimate of drug-likeness (QED) is 0.662. The molecule has 6 heteroatoms. The minimum atomic E-state index is -1.34. The summed E-state index contributed by atoms with van der Waals surface area (Å²) in [5, 5.41) is 8.26. The van der Waals surface area contributed by atoms with Crippen LogP contribution in [0.3, 0.4) is 0 Å². The van der Waals surface area contributed by atoms with E-state index in [4.69, 9.17) is 5.11 Å². The van der Waals surface area contributed by atoms with Gasteiger partial charge in [0.1, 0.15) is 11.1 Å². The lowest BCUT2D eigenvalue weighted by Gasteiger charge is -2.09. The number of benzene rings is 1. The van der Waals surface area contributed by atoms with Gasteiger partial charge in [-0.2, -0.15) is 0 Å². The van der Waals surface area contributed by atoms with E-state index in [0.717, 1.165) is 17.8 Å². The zero-order valence-corrected chi connectivity index (χ0v) is 10.1. The maximum Gasteiger partial charge on any atom is 0.338 e. The number of carboxylic acid groups (broad SMARTS) is 1. The third kappa shape index (κ3) is 3.45. The van der Waals surface area contributed by atoms with Gasteiger partial charge in [-0.1, -0.05) is 0 Å². The van der Waals surface area contributed by atoms with E-state index >= 15 is 0 Å². The minimum absolute atomic E-state index is 0.410. The minimum Gasteiger partial charge on any atom is -0.478 e. The highest BCUT2D eigenvalue weighted by Crippen LogP contribution is 2.25. The lowest BCUT2D eigenvalue weighted by Crippen LogP contribution is -2.14. The predicted molar refractivity (Wildman–Crippen MR) is 60.7 cm³/mol. The number of thioether (sulfide) groups is 1. The maximum absolute atomic E-state index is 13.1. The molecule has 0 spiro atoms. The average Bonchev–Trinajstić information content (AvgIpc) is 2.30. The van der Waals surface area contributed by atoms with Crippen LogP contribution in [0.2, 0.25) is 0 Å². The van der Waals surface area contributed by atoms with Crippen molar-refractivity contribution < 1.29 is 23.8 Å². The van der Waals surface area contributed by atoms with Crippen LogP contribution in [0.4, 0.5) is 4.39 Å². The van der Waals surface area contributed by atoms with Gasteiger partial charge < -0.3 is 9.84 Å². The highest BCUT2D eigenvalue weighted by atomic mass is 32.2. The van der Waals surface area contributed by atoms with Crippen molar-refractivity contribution in [2.75, 3.05) is 7.11 Å². The summed E-state index contributed by atoms with van der Waals surface area (Å²) in [5.74, 6) is -2.56. The summed E-state index contributed by atoms with van der Waals surface area (Å²) in [6.45, 7) is 1.63. The van der Waals surface area contributed by atoms with Crippen molar-refractivity contribution in [1.82, 2.24) is 0 Å². The number of ether oxygens (including phenoxy) is 1. The Morgan fingerprint density at radius 1 is 1.47 bits per heavy atom. The number of methoxy groups -OCH3 is 1. The molecule has 1 aromatic carbocycles. The van der Waals surface area contributed by atoms with Gasteiger partial charge in [-0.05, 0) is 25.1 Å². The summed E-state index contributed by atoms with van der Waals surface area (Å²) in [7, 11) is 1.27. The number of halogens is 1. The summed E-state index contributed by atoms with van der Waals surface area (Å²) in [6.07, 6.45) is 0. The monoisotopic (exact) mass is 258 g/mol. The van der Waals surface area contributed by atoms with Crippen LogP contribution in [0.5, 0.6) is 0 Å². The molecule has 0 aromatic heterocycles. The molecule has 1 rings (SSSR count). The molecule has 1 aromatic rings. The third-order valence-electron chi connectivity index (χ3n) is 2.01. The molecule has 0 aliphatic carbocycles. The van der Waals surface area contributed by atoms with Crippen LogP contribution in [0.15, 0.2) is 23.1 Å². The van der Waals surface area contributed by atoms with Crippen molar-refractivity contribution in [2.24, 2.45) is 0 Å². The van der Waals surface area contributed by atoms with E-state index in [-0.39, 0.29) is 0 Å². The molecule has 92 valence electrons. The van der Waals surface area contributed by atoms with Crippen LogP contribution in [-0.2, 0) is 9.53 Å². The fourth-order valence-corrected chi connectivity index (χ4v) is 2.09. The first-order valence-corrected chi connectivity index (χ1v) is 5.61. The molecule has 0 saturated heterocycles. The molecule has 0 aliphatic rings. The number of carboxylic acids is 1. The van der Waals surface area contributed by atoms with Crippen LogP contribution in [-0.4, -0.2) is 29.4 Å². The van der Waals surface area contributed by atoms with Gasteiger partial charge in [-0.25, -0.2) is 9.18 Å². The highest BCUT2D eigenvalue weighted by molar-refractivity contribution is 8.00. The lowest BCUT2D eigenvalue weighted by atomic mass is 10.2. The Hall–Kier alpha value is -1.56. The lowest BCUT2D eigenvalue weighted by molar-refractivity contribution is -0.139. The molecule has 1 atom stereocenters. The number of carbonyl (C=O) groups is 2. The topological polar surface area (TPSA) is 63.6 Å². The summed E-state index contributed by atoms with van der Waals surface area (Å²) in [6, 6.07) is 3.68. The molecule has 0 aliphatic heterocycles. The molecule has 17 heavy (non-hydrogen) atoms. The summed E-state index contributed by atoms with van der Waals surface area (Å²) >= 11 is 1.11. The SMILES string of the molecule is COC(=O)C(C)Sc1ccc(F)c(C(=O)O)c1. The summed E-state index contributed by atoms with van der Waals surface area (Å²) < 4.78 is 17.6. The smallest absolute Gasteiger partial charge is 0.338 e. The van der Waals surface area contributed by atoms with Gasteiger partial charge in [0, 0.05) is 4.90 Å². The third-order valence-corrected chi connectivity index (χ3v) is 3.09. The molecule has 0 saturated carbocycles. The second-order valence-electron chi connectivity index (χ2n) is 3.23. The maximum atomic E-state index is 13.1. The van der Waals surface area contributed by atoms with Gasteiger partial charge >= 0.3 is 11.9 Å². The van der Waals surface area contributed by atoms with E-state index in [1.54, 1.807) is 6.92 Å². The molecule has 0 radical (unpaired) electrons. The van der Waals surface area contributed by atoms with Gasteiger partial charge in [-0.3, -0.25) is 4.79 Å². The first kappa shape index (κ1) is 13.5. The number of carbonyl (C=O) groups excluding carboxylic acids is 1. The van der Waals surface area contributed by atoms with E-state index < -0.39 is 28.6 Å². The van der Waals surface area contributed by atoms with Crippen molar-refractivity contribution in [1.29, 1.82) is 0 Å². The molecular formula is C11H11FO4S. The van der Waals surface area contributed by atoms with Crippen LogP contribution in [0.25, 0.3) is 0 Å². The fourth-order valence-electron chi connectivity index (χ4n) is 1.16. The highest BCUT2D eigenvalue weighted by Gasteiger charge is 2.17. The molecule has 0 bridgehead atoms. The Morgan fingerprint density at radius 2 is 2.12 bits per heavy atom. The molecule has 0 amide bonds. The van der Waals surface area contributed by atoms with E-state index in [1.807, 2.05) is 0 Å². The van der Waals surface area contributed by atoms with E-state index in [9.17, 15) is 14.0 Å². The normalized spacial score (nSPS) is 11.9. The summed E-state index contributed by atoms with van der Waals surface area (Å²) in [4.78, 5) is 22.4. The van der Waals surface area contributed by atoms with Gasteiger partial charge in [0.05, 0.1) is 12.7 Å². The number of aromatic carboxylic acids is 1. The van der Waals surface area contributed by atoms with Crippen molar-refractivity contribution in [3.8, 4) is 0 Å². The van der Waals surface area contributed by atoms with Gasteiger partial charge in [0.15, 0.2) is 0 Å². The Morgan fingerprint density at radius 3 is 2.65 bits per heavy atom. The number of hydrogen-bond donors (Lipinski definition) is 1. The van der Waals surface area contributed by atoms with Gasteiger partial charge in [0.25, 0.3) is 0 Å². The Bertz CT molecular complexity index is 447. The zero-order valence-electron chi connectivity index (χ0n) is 9.27. The van der Waals surface area contributed by atoms with Crippen LogP contribution < -0.4 is 0 Å². The second kappa shape index (κ2) is 5.67. The molecule has 4 nitrogen and oxygen atoms in total. The second-order valence-corrected chi connectivity index (χ2v) is 4.64. The van der Waals surface area contributed by atoms with Crippen molar-refractivity contribution in [3.05, 3.63) is 29.6 Å². The average molecular weight is 258 g/mol. The van der Waals surface area contributed by atoms with Crippen LogP contribution >= 0.6 is 11.8 Å². The molecule has 1 unspecified atom stereocenters. The molecular weight excluding hydrogens is 247 g/mol. The van der Waals surface area contributed by atoms with E-state index in [0.29, 0.717) is 4.90 Å². The van der Waals surface area contributed by atoms with Crippen molar-refractivity contribution >= 4 is 23.7 Å². The molecule has 0 fully saturated rings. The number of rotatable bonds is 4. The first-order chi connectivity index (χ1) is 7.95.